The molecule has 0 heterocycles. The van der Waals surface area contributed by atoms with Crippen LogP contribution >= 0.6 is 0 Å². The van der Waals surface area contributed by atoms with Gasteiger partial charge in [0.1, 0.15) is 5.75 Å². The van der Waals surface area contributed by atoms with Gasteiger partial charge in [0.25, 0.3) is 0 Å². The predicted molar refractivity (Wildman–Crippen MR) is 72.1 cm³/mol. The minimum Gasteiger partial charge on any atom is -0.491 e. The van der Waals surface area contributed by atoms with Gasteiger partial charge < -0.3 is 10.1 Å². The molecule has 0 bridgehead atoms. The monoisotopic (exact) mass is 231 g/mol. The molecule has 17 heavy (non-hydrogen) atoms. The normalized spacial score (nSPS) is 12.2. The van der Waals surface area contributed by atoms with Gasteiger partial charge in [-0.15, -0.1) is 12.3 Å². The van der Waals surface area contributed by atoms with Crippen molar-refractivity contribution in [2.24, 2.45) is 0 Å². The van der Waals surface area contributed by atoms with Crippen molar-refractivity contribution in [3.8, 4) is 18.1 Å². The molecule has 92 valence electrons. The first-order valence-corrected chi connectivity index (χ1v) is 6.10. The standard InChI is InChI=1S/C15H21NO/c1-5-8-15(16-6-2)13-9-7-10-14(11-13)17-12(3)4/h1,7,9-12,15-16H,6,8H2,2-4H3. The maximum Gasteiger partial charge on any atom is 0.120 e. The summed E-state index contributed by atoms with van der Waals surface area (Å²) in [5, 5.41) is 3.38. The van der Waals surface area contributed by atoms with Gasteiger partial charge >= 0.3 is 0 Å². The van der Waals surface area contributed by atoms with E-state index in [2.05, 4.69) is 30.3 Å². The second-order valence-electron chi connectivity index (χ2n) is 4.26. The average molecular weight is 231 g/mol. The quantitative estimate of drug-likeness (QED) is 0.759. The van der Waals surface area contributed by atoms with E-state index >= 15 is 0 Å². The summed E-state index contributed by atoms with van der Waals surface area (Å²) in [6.07, 6.45) is 6.28. The summed E-state index contributed by atoms with van der Waals surface area (Å²) >= 11 is 0. The molecule has 1 aromatic carbocycles. The van der Waals surface area contributed by atoms with Crippen molar-refractivity contribution < 1.29 is 4.74 Å². The highest BCUT2D eigenvalue weighted by atomic mass is 16.5. The second kappa shape index (κ2) is 6.98. The fraction of sp³-hybridized carbons (Fsp3) is 0.467. The van der Waals surface area contributed by atoms with Crippen molar-refractivity contribution in [1.29, 1.82) is 0 Å². The maximum atomic E-state index is 5.68. The Hall–Kier alpha value is -1.46. The number of hydrogen-bond donors (Lipinski definition) is 1. The Morgan fingerprint density at radius 3 is 2.76 bits per heavy atom. The molecule has 2 nitrogen and oxygen atoms in total. The van der Waals surface area contributed by atoms with E-state index in [0.717, 1.165) is 12.3 Å². The number of terminal acetylenes is 1. The fourth-order valence-corrected chi connectivity index (χ4v) is 1.75. The van der Waals surface area contributed by atoms with Gasteiger partial charge in [-0.25, -0.2) is 0 Å². The highest BCUT2D eigenvalue weighted by Gasteiger charge is 2.09. The van der Waals surface area contributed by atoms with Gasteiger partial charge in [0.2, 0.25) is 0 Å². The van der Waals surface area contributed by atoms with Crippen LogP contribution in [0.15, 0.2) is 24.3 Å². The fourth-order valence-electron chi connectivity index (χ4n) is 1.75. The number of ether oxygens (including phenoxy) is 1. The third kappa shape index (κ3) is 4.50. The largest absolute Gasteiger partial charge is 0.491 e. The van der Waals surface area contributed by atoms with E-state index in [4.69, 9.17) is 11.2 Å². The Morgan fingerprint density at radius 2 is 2.18 bits per heavy atom. The molecule has 1 N–H and O–H groups in total. The summed E-state index contributed by atoms with van der Waals surface area (Å²) in [6, 6.07) is 8.33. The molecule has 0 saturated carbocycles. The molecular formula is C15H21NO. The van der Waals surface area contributed by atoms with Crippen LogP contribution < -0.4 is 10.1 Å². The van der Waals surface area contributed by atoms with Gasteiger partial charge in [-0.1, -0.05) is 19.1 Å². The molecule has 1 atom stereocenters. The topological polar surface area (TPSA) is 21.3 Å². The molecule has 0 aliphatic heterocycles. The molecule has 2 heteroatoms. The van der Waals surface area contributed by atoms with Crippen molar-refractivity contribution in [3.05, 3.63) is 29.8 Å². The lowest BCUT2D eigenvalue weighted by molar-refractivity contribution is 0.242. The molecule has 1 rings (SSSR count). The van der Waals surface area contributed by atoms with Crippen molar-refractivity contribution in [3.63, 3.8) is 0 Å². The van der Waals surface area contributed by atoms with Gasteiger partial charge in [-0.3, -0.25) is 0 Å². The van der Waals surface area contributed by atoms with Crippen molar-refractivity contribution in [2.45, 2.75) is 39.3 Å². The van der Waals surface area contributed by atoms with Gasteiger partial charge in [-0.05, 0) is 38.1 Å². The lowest BCUT2D eigenvalue weighted by atomic mass is 10.0. The first-order chi connectivity index (χ1) is 8.17. The number of nitrogens with one attached hydrogen (secondary N) is 1. The van der Waals surface area contributed by atoms with Crippen LogP contribution in [0, 0.1) is 12.3 Å². The molecule has 0 aromatic heterocycles. The van der Waals surface area contributed by atoms with Crippen LogP contribution in [0.2, 0.25) is 0 Å². The molecular weight excluding hydrogens is 210 g/mol. The third-order valence-electron chi connectivity index (χ3n) is 2.40. The van der Waals surface area contributed by atoms with E-state index in [1.807, 2.05) is 26.0 Å². The lowest BCUT2D eigenvalue weighted by Crippen LogP contribution is -2.20. The molecule has 0 spiro atoms. The zero-order valence-electron chi connectivity index (χ0n) is 10.9. The van der Waals surface area contributed by atoms with Crippen molar-refractivity contribution >= 4 is 0 Å². The summed E-state index contributed by atoms with van der Waals surface area (Å²) in [4.78, 5) is 0. The number of hydrogen-bond acceptors (Lipinski definition) is 2. The molecule has 0 fully saturated rings. The number of rotatable bonds is 6. The molecule has 1 unspecified atom stereocenters. The van der Waals surface area contributed by atoms with Crippen LogP contribution in [0.4, 0.5) is 0 Å². The van der Waals surface area contributed by atoms with Gasteiger partial charge in [-0.2, -0.15) is 0 Å². The number of benzene rings is 1. The highest BCUT2D eigenvalue weighted by Crippen LogP contribution is 2.22. The molecule has 0 aliphatic rings. The molecule has 0 saturated heterocycles. The summed E-state index contributed by atoms with van der Waals surface area (Å²) in [5.74, 6) is 3.61. The second-order valence-corrected chi connectivity index (χ2v) is 4.26. The molecule has 0 radical (unpaired) electrons. The Kier molecular flexibility index (Phi) is 5.59. The third-order valence-corrected chi connectivity index (χ3v) is 2.40. The van der Waals surface area contributed by atoms with Gasteiger partial charge in [0.05, 0.1) is 6.10 Å². The van der Waals surface area contributed by atoms with Crippen LogP contribution in [0.5, 0.6) is 5.75 Å². The van der Waals surface area contributed by atoms with E-state index in [1.54, 1.807) is 0 Å². The SMILES string of the molecule is C#CCC(NCC)c1cccc(OC(C)C)c1. The maximum absolute atomic E-state index is 5.68. The van der Waals surface area contributed by atoms with Crippen LogP contribution in [-0.2, 0) is 0 Å². The first-order valence-electron chi connectivity index (χ1n) is 6.10. The van der Waals surface area contributed by atoms with Crippen LogP contribution in [0.1, 0.15) is 38.8 Å². The van der Waals surface area contributed by atoms with E-state index < -0.39 is 0 Å². The first kappa shape index (κ1) is 13.6. The predicted octanol–water partition coefficient (Wildman–Crippen LogP) is 3.15. The highest BCUT2D eigenvalue weighted by molar-refractivity contribution is 5.31. The molecule has 0 aliphatic carbocycles. The van der Waals surface area contributed by atoms with E-state index in [0.29, 0.717) is 6.42 Å². The Labute approximate surface area is 104 Å². The zero-order chi connectivity index (χ0) is 12.7. The van der Waals surface area contributed by atoms with Gasteiger partial charge in [0, 0.05) is 12.5 Å². The van der Waals surface area contributed by atoms with Gasteiger partial charge in [0.15, 0.2) is 0 Å². The zero-order valence-corrected chi connectivity index (χ0v) is 10.9. The van der Waals surface area contributed by atoms with E-state index in [9.17, 15) is 0 Å². The van der Waals surface area contributed by atoms with Crippen molar-refractivity contribution in [2.75, 3.05) is 6.54 Å². The van der Waals surface area contributed by atoms with E-state index in [1.165, 1.54) is 5.56 Å². The summed E-state index contributed by atoms with van der Waals surface area (Å²) < 4.78 is 5.68. The van der Waals surface area contributed by atoms with Crippen molar-refractivity contribution in [1.82, 2.24) is 5.32 Å². The molecule has 0 amide bonds. The Balaban J connectivity index is 2.84. The van der Waals surface area contributed by atoms with Crippen LogP contribution in [0.25, 0.3) is 0 Å². The van der Waals surface area contributed by atoms with Crippen LogP contribution in [0.3, 0.4) is 0 Å². The Morgan fingerprint density at radius 1 is 1.41 bits per heavy atom. The molecule has 1 aromatic rings. The summed E-state index contributed by atoms with van der Waals surface area (Å²) in [6.45, 7) is 7.03. The smallest absolute Gasteiger partial charge is 0.120 e. The van der Waals surface area contributed by atoms with Crippen LogP contribution in [-0.4, -0.2) is 12.6 Å². The average Bonchev–Trinajstić information content (AvgIpc) is 2.28. The summed E-state index contributed by atoms with van der Waals surface area (Å²) in [7, 11) is 0. The minimum atomic E-state index is 0.190. The Bertz CT molecular complexity index is 379. The minimum absolute atomic E-state index is 0.190. The lowest BCUT2D eigenvalue weighted by Gasteiger charge is -2.17. The summed E-state index contributed by atoms with van der Waals surface area (Å²) in [5.41, 5.74) is 1.18. The van der Waals surface area contributed by atoms with E-state index in [-0.39, 0.29) is 12.1 Å².